The van der Waals surface area contributed by atoms with Gasteiger partial charge in [0, 0.05) is 17.3 Å². The van der Waals surface area contributed by atoms with Crippen LogP contribution in [-0.4, -0.2) is 39.6 Å². The van der Waals surface area contributed by atoms with E-state index in [1.54, 1.807) is 31.6 Å². The fourth-order valence-electron chi connectivity index (χ4n) is 2.96. The van der Waals surface area contributed by atoms with E-state index in [0.29, 0.717) is 18.1 Å². The molecule has 0 bridgehead atoms. The van der Waals surface area contributed by atoms with Gasteiger partial charge in [0.25, 0.3) is 0 Å². The Morgan fingerprint density at radius 1 is 1.46 bits per heavy atom. The van der Waals surface area contributed by atoms with Crippen molar-refractivity contribution >= 4 is 11.7 Å². The van der Waals surface area contributed by atoms with E-state index in [0.717, 1.165) is 30.5 Å². The third kappa shape index (κ3) is 3.48. The number of hydrogen-bond donors (Lipinski definition) is 3. The number of fused-ring (bicyclic) bond motifs is 1. The summed E-state index contributed by atoms with van der Waals surface area (Å²) in [6.07, 6.45) is 6.08. The zero-order valence-electron chi connectivity index (χ0n) is 13.5. The summed E-state index contributed by atoms with van der Waals surface area (Å²) < 4.78 is 6.80. The van der Waals surface area contributed by atoms with Crippen LogP contribution >= 0.6 is 0 Å². The molecule has 128 valence electrons. The molecule has 24 heavy (non-hydrogen) atoms. The van der Waals surface area contributed by atoms with E-state index in [9.17, 15) is 4.79 Å². The zero-order valence-corrected chi connectivity index (χ0v) is 13.5. The number of carbonyl (C=O) groups is 1. The van der Waals surface area contributed by atoms with E-state index in [4.69, 9.17) is 9.84 Å². The van der Waals surface area contributed by atoms with E-state index < -0.39 is 0 Å². The first kappa shape index (κ1) is 16.3. The highest BCUT2D eigenvalue weighted by molar-refractivity contribution is 5.89. The molecule has 2 aromatic heterocycles. The first-order valence-electron chi connectivity index (χ1n) is 7.94. The zero-order chi connectivity index (χ0) is 16.9. The van der Waals surface area contributed by atoms with Gasteiger partial charge in [-0.25, -0.2) is 9.78 Å². The number of carbonyl (C=O) groups excluding carboxylic acids is 1. The van der Waals surface area contributed by atoms with Crippen LogP contribution in [-0.2, 0) is 13.0 Å². The topological polar surface area (TPSA) is 101 Å². The van der Waals surface area contributed by atoms with E-state index in [2.05, 4.69) is 20.7 Å². The Hall–Kier alpha value is -2.61. The maximum Gasteiger partial charge on any atom is 0.319 e. The summed E-state index contributed by atoms with van der Waals surface area (Å²) in [7, 11) is 1.54. The molecule has 1 atom stereocenters. The summed E-state index contributed by atoms with van der Waals surface area (Å²) in [4.78, 5) is 16.3. The first-order chi connectivity index (χ1) is 11.7. The molecule has 0 saturated heterocycles. The largest absolute Gasteiger partial charge is 0.481 e. The highest BCUT2D eigenvalue weighted by Gasteiger charge is 2.25. The van der Waals surface area contributed by atoms with E-state index in [1.807, 2.05) is 4.68 Å². The molecule has 0 spiro atoms. The number of ether oxygens (including phenoxy) is 1. The molecule has 0 aromatic carbocycles. The SMILES string of the molecule is COc1ccc(NC(=O)NC2CCCc3c2cnn3CCO)cn1. The van der Waals surface area contributed by atoms with Gasteiger partial charge in [0.2, 0.25) is 5.88 Å². The minimum absolute atomic E-state index is 0.0527. The van der Waals surface area contributed by atoms with E-state index in [-0.39, 0.29) is 18.7 Å². The fourth-order valence-corrected chi connectivity index (χ4v) is 2.96. The van der Waals surface area contributed by atoms with Gasteiger partial charge in [-0.2, -0.15) is 5.10 Å². The van der Waals surface area contributed by atoms with Gasteiger partial charge in [0.05, 0.1) is 44.4 Å². The van der Waals surface area contributed by atoms with Crippen molar-refractivity contribution in [1.29, 1.82) is 0 Å². The summed E-state index contributed by atoms with van der Waals surface area (Å²) in [5.74, 6) is 0.495. The minimum Gasteiger partial charge on any atom is -0.481 e. The average Bonchev–Trinajstić information content (AvgIpc) is 3.00. The molecule has 2 amide bonds. The Morgan fingerprint density at radius 2 is 2.33 bits per heavy atom. The molecule has 3 rings (SSSR count). The number of hydrogen-bond acceptors (Lipinski definition) is 5. The lowest BCUT2D eigenvalue weighted by atomic mass is 9.93. The van der Waals surface area contributed by atoms with Crippen LogP contribution in [0.1, 0.15) is 30.1 Å². The average molecular weight is 331 g/mol. The standard InChI is InChI=1S/C16H21N5O3/c1-24-15-6-5-11(9-17-15)19-16(23)20-13-3-2-4-14-12(13)10-18-21(14)7-8-22/h5-6,9-10,13,22H,2-4,7-8H2,1H3,(H2,19,20,23). The molecule has 0 saturated carbocycles. The van der Waals surface area contributed by atoms with E-state index >= 15 is 0 Å². The molecule has 1 aliphatic carbocycles. The monoisotopic (exact) mass is 331 g/mol. The maximum atomic E-state index is 12.2. The summed E-state index contributed by atoms with van der Waals surface area (Å²) in [6.45, 7) is 0.531. The quantitative estimate of drug-likeness (QED) is 0.770. The molecule has 8 heteroatoms. The van der Waals surface area contributed by atoms with Crippen LogP contribution in [0.2, 0.25) is 0 Å². The Morgan fingerprint density at radius 3 is 3.04 bits per heavy atom. The molecule has 1 aliphatic rings. The van der Waals surface area contributed by atoms with Gasteiger partial charge in [0.15, 0.2) is 0 Å². The van der Waals surface area contributed by atoms with Crippen molar-refractivity contribution in [2.24, 2.45) is 0 Å². The van der Waals surface area contributed by atoms with Crippen LogP contribution in [0.3, 0.4) is 0 Å². The Bertz CT molecular complexity index is 698. The molecule has 0 radical (unpaired) electrons. The Labute approximate surface area is 139 Å². The number of anilines is 1. The van der Waals surface area contributed by atoms with E-state index in [1.165, 1.54) is 0 Å². The lowest BCUT2D eigenvalue weighted by Gasteiger charge is -2.24. The summed E-state index contributed by atoms with van der Waals surface area (Å²) in [5.41, 5.74) is 2.71. The summed E-state index contributed by atoms with van der Waals surface area (Å²) in [6, 6.07) is 3.06. The first-order valence-corrected chi connectivity index (χ1v) is 7.94. The number of urea groups is 1. The molecule has 1 unspecified atom stereocenters. The normalized spacial score (nSPS) is 16.3. The molecule has 3 N–H and O–H groups in total. The highest BCUT2D eigenvalue weighted by Crippen LogP contribution is 2.29. The van der Waals surface area contributed by atoms with Crippen LogP contribution in [0.5, 0.6) is 5.88 Å². The number of nitrogens with one attached hydrogen (secondary N) is 2. The van der Waals surface area contributed by atoms with Crippen molar-refractivity contribution in [3.05, 3.63) is 35.8 Å². The number of aromatic nitrogens is 3. The van der Waals surface area contributed by atoms with Crippen molar-refractivity contribution < 1.29 is 14.6 Å². The highest BCUT2D eigenvalue weighted by atomic mass is 16.5. The van der Waals surface area contributed by atoms with Gasteiger partial charge >= 0.3 is 6.03 Å². The molecular formula is C16H21N5O3. The Balaban J connectivity index is 1.65. The molecule has 2 heterocycles. The molecule has 2 aromatic rings. The number of aliphatic hydroxyl groups excluding tert-OH is 1. The number of pyridine rings is 1. The van der Waals surface area contributed by atoms with Gasteiger partial charge in [-0.3, -0.25) is 4.68 Å². The smallest absolute Gasteiger partial charge is 0.319 e. The predicted octanol–water partition coefficient (Wildman–Crippen LogP) is 1.48. The lowest BCUT2D eigenvalue weighted by Crippen LogP contribution is -2.34. The van der Waals surface area contributed by atoms with Gasteiger partial charge in [-0.05, 0) is 25.3 Å². The summed E-state index contributed by atoms with van der Waals surface area (Å²) in [5, 5.41) is 19.2. The van der Waals surface area contributed by atoms with Crippen molar-refractivity contribution in [3.8, 4) is 5.88 Å². The van der Waals surface area contributed by atoms with Gasteiger partial charge in [-0.1, -0.05) is 0 Å². The molecule has 8 nitrogen and oxygen atoms in total. The van der Waals surface area contributed by atoms with Crippen molar-refractivity contribution in [3.63, 3.8) is 0 Å². The second-order valence-electron chi connectivity index (χ2n) is 5.63. The van der Waals surface area contributed by atoms with Crippen LogP contribution in [0.15, 0.2) is 24.5 Å². The van der Waals surface area contributed by atoms with Gasteiger partial charge in [0.1, 0.15) is 0 Å². The van der Waals surface area contributed by atoms with Gasteiger partial charge < -0.3 is 20.5 Å². The number of amides is 2. The number of aliphatic hydroxyl groups is 1. The third-order valence-corrected chi connectivity index (χ3v) is 4.08. The summed E-state index contributed by atoms with van der Waals surface area (Å²) >= 11 is 0. The fraction of sp³-hybridized carbons (Fsp3) is 0.438. The number of rotatable bonds is 5. The minimum atomic E-state index is -0.283. The van der Waals surface area contributed by atoms with Crippen LogP contribution in [0.4, 0.5) is 10.5 Å². The second-order valence-corrected chi connectivity index (χ2v) is 5.63. The third-order valence-electron chi connectivity index (χ3n) is 4.08. The van der Waals surface area contributed by atoms with Crippen LogP contribution in [0, 0.1) is 0 Å². The van der Waals surface area contributed by atoms with Crippen LogP contribution < -0.4 is 15.4 Å². The van der Waals surface area contributed by atoms with Crippen molar-refractivity contribution in [1.82, 2.24) is 20.1 Å². The molecular weight excluding hydrogens is 310 g/mol. The maximum absolute atomic E-state index is 12.2. The predicted molar refractivity (Wildman–Crippen MR) is 87.9 cm³/mol. The van der Waals surface area contributed by atoms with Crippen molar-refractivity contribution in [2.45, 2.75) is 31.8 Å². The second kappa shape index (κ2) is 7.31. The molecule has 0 aliphatic heterocycles. The van der Waals surface area contributed by atoms with Crippen molar-refractivity contribution in [2.75, 3.05) is 19.0 Å². The van der Waals surface area contributed by atoms with Gasteiger partial charge in [-0.15, -0.1) is 0 Å². The Kier molecular flexibility index (Phi) is 4.95. The number of nitrogens with zero attached hydrogens (tertiary/aromatic N) is 3. The lowest BCUT2D eigenvalue weighted by molar-refractivity contribution is 0.246. The van der Waals surface area contributed by atoms with Crippen LogP contribution in [0.25, 0.3) is 0 Å². The number of methoxy groups -OCH3 is 1. The molecule has 0 fully saturated rings.